The Labute approximate surface area is 336 Å². The first-order chi connectivity index (χ1) is 27.2. The van der Waals surface area contributed by atoms with Gasteiger partial charge >= 0.3 is 0 Å². The summed E-state index contributed by atoms with van der Waals surface area (Å²) in [6, 6.07) is 49.5. The van der Waals surface area contributed by atoms with E-state index in [2.05, 4.69) is 187 Å². The van der Waals surface area contributed by atoms with Crippen molar-refractivity contribution in [2.75, 3.05) is 0 Å². The van der Waals surface area contributed by atoms with Gasteiger partial charge in [0.1, 0.15) is 11.6 Å². The topological polar surface area (TPSA) is 50.9 Å². The Bertz CT molecular complexity index is 2830. The average Bonchev–Trinajstić information content (AvgIpc) is 3.69. The number of phenolic OH excluding ortho intramolecular Hbond substituents is 1. The third-order valence-corrected chi connectivity index (χ3v) is 11.9. The number of rotatable bonds is 5. The zero-order chi connectivity index (χ0) is 39.9. The zero-order valence-corrected chi connectivity index (χ0v) is 34.1. The number of imidazole rings is 1. The van der Waals surface area contributed by atoms with E-state index < -0.39 is 0 Å². The van der Waals surface area contributed by atoms with Gasteiger partial charge in [0, 0.05) is 28.4 Å². The molecule has 2 aromatic heterocycles. The first kappa shape index (κ1) is 36.4. The number of pyridine rings is 1. The molecule has 4 nitrogen and oxygen atoms in total. The Hall–Kier alpha value is -6.26. The van der Waals surface area contributed by atoms with Crippen molar-refractivity contribution in [1.29, 1.82) is 0 Å². The molecule has 282 valence electrons. The van der Waals surface area contributed by atoms with Crippen molar-refractivity contribution in [3.05, 3.63) is 168 Å². The standard InChI is InChI=1S/C53H49N3O/c1-51(2,3)37-23-21-33(22-24-37)34-25-26-54-46(30-34)36-27-35(28-38(29-36)52(4,5)6)40-18-14-20-47-49(40)55-50(56(47)39-15-10-9-11-16-39)43-31-42-41-17-12-13-19-44(41)53(7,8)45(42)32-48(43)57/h9-32,57H,1-8H3. The van der Waals surface area contributed by atoms with E-state index in [1.165, 1.54) is 27.8 Å². The maximum absolute atomic E-state index is 11.9. The molecule has 8 aromatic rings. The molecule has 0 amide bonds. The summed E-state index contributed by atoms with van der Waals surface area (Å²) in [6.45, 7) is 18.0. The number of hydrogen-bond acceptors (Lipinski definition) is 3. The van der Waals surface area contributed by atoms with Gasteiger partial charge in [0.2, 0.25) is 0 Å². The van der Waals surface area contributed by atoms with Crippen molar-refractivity contribution in [2.24, 2.45) is 0 Å². The van der Waals surface area contributed by atoms with E-state index >= 15 is 0 Å². The van der Waals surface area contributed by atoms with Crippen LogP contribution in [0.5, 0.6) is 5.75 Å². The highest BCUT2D eigenvalue weighted by Gasteiger charge is 2.37. The van der Waals surface area contributed by atoms with Gasteiger partial charge in [-0.2, -0.15) is 0 Å². The van der Waals surface area contributed by atoms with Crippen LogP contribution >= 0.6 is 0 Å². The van der Waals surface area contributed by atoms with Crippen molar-refractivity contribution in [3.63, 3.8) is 0 Å². The minimum atomic E-state index is -0.226. The zero-order valence-electron chi connectivity index (χ0n) is 34.1. The van der Waals surface area contributed by atoms with Gasteiger partial charge < -0.3 is 5.11 Å². The van der Waals surface area contributed by atoms with Gasteiger partial charge in [0.25, 0.3) is 0 Å². The van der Waals surface area contributed by atoms with Crippen molar-refractivity contribution in [3.8, 4) is 67.5 Å². The van der Waals surface area contributed by atoms with Crippen LogP contribution in [-0.2, 0) is 16.2 Å². The van der Waals surface area contributed by atoms with E-state index in [0.29, 0.717) is 11.4 Å². The third kappa shape index (κ3) is 6.24. The molecule has 0 spiro atoms. The summed E-state index contributed by atoms with van der Waals surface area (Å²) < 4.78 is 2.19. The van der Waals surface area contributed by atoms with E-state index in [1.807, 2.05) is 18.3 Å². The fourth-order valence-corrected chi connectivity index (χ4v) is 8.56. The molecule has 6 aromatic carbocycles. The van der Waals surface area contributed by atoms with Gasteiger partial charge in [-0.1, -0.05) is 140 Å². The highest BCUT2D eigenvalue weighted by atomic mass is 16.3. The first-order valence-corrected chi connectivity index (χ1v) is 20.0. The Kier molecular flexibility index (Phi) is 8.40. The highest BCUT2D eigenvalue weighted by molar-refractivity contribution is 5.97. The molecule has 1 aliphatic rings. The summed E-state index contributed by atoms with van der Waals surface area (Å²) in [7, 11) is 0. The second-order valence-electron chi connectivity index (χ2n) is 18.2. The lowest BCUT2D eigenvalue weighted by molar-refractivity contribution is 0.474. The van der Waals surface area contributed by atoms with Crippen LogP contribution in [-0.4, -0.2) is 19.6 Å². The van der Waals surface area contributed by atoms with Gasteiger partial charge in [0.15, 0.2) is 0 Å². The summed E-state index contributed by atoms with van der Waals surface area (Å²) >= 11 is 0. The molecule has 0 unspecified atom stereocenters. The van der Waals surface area contributed by atoms with Crippen molar-refractivity contribution >= 4 is 11.0 Å². The molecule has 0 radical (unpaired) electrons. The van der Waals surface area contributed by atoms with E-state index in [1.54, 1.807) is 0 Å². The maximum atomic E-state index is 11.9. The normalized spacial score (nSPS) is 13.5. The third-order valence-electron chi connectivity index (χ3n) is 11.9. The average molecular weight is 744 g/mol. The Morgan fingerprint density at radius 1 is 0.526 bits per heavy atom. The monoisotopic (exact) mass is 743 g/mol. The minimum Gasteiger partial charge on any atom is -0.507 e. The van der Waals surface area contributed by atoms with E-state index in [0.717, 1.165) is 55.8 Å². The smallest absolute Gasteiger partial charge is 0.149 e. The second-order valence-corrected chi connectivity index (χ2v) is 18.2. The molecule has 1 N–H and O–H groups in total. The molecule has 57 heavy (non-hydrogen) atoms. The lowest BCUT2D eigenvalue weighted by Gasteiger charge is -2.22. The van der Waals surface area contributed by atoms with Crippen LogP contribution in [0.2, 0.25) is 0 Å². The molecule has 1 aliphatic carbocycles. The van der Waals surface area contributed by atoms with Crippen molar-refractivity contribution in [1.82, 2.24) is 14.5 Å². The van der Waals surface area contributed by atoms with Crippen LogP contribution in [0, 0.1) is 0 Å². The molecular weight excluding hydrogens is 695 g/mol. The quantitative estimate of drug-likeness (QED) is 0.191. The largest absolute Gasteiger partial charge is 0.507 e. The van der Waals surface area contributed by atoms with Crippen LogP contribution < -0.4 is 0 Å². The predicted molar refractivity (Wildman–Crippen MR) is 237 cm³/mol. The van der Waals surface area contributed by atoms with E-state index in [-0.39, 0.29) is 22.0 Å². The van der Waals surface area contributed by atoms with Gasteiger partial charge in [0.05, 0.1) is 22.3 Å². The van der Waals surface area contributed by atoms with Gasteiger partial charge in [-0.3, -0.25) is 9.55 Å². The molecule has 0 saturated carbocycles. The van der Waals surface area contributed by atoms with Crippen LogP contribution in [0.3, 0.4) is 0 Å². The van der Waals surface area contributed by atoms with Gasteiger partial charge in [-0.15, -0.1) is 0 Å². The summed E-state index contributed by atoms with van der Waals surface area (Å²) in [6.07, 6.45) is 1.92. The number of benzene rings is 6. The fourth-order valence-electron chi connectivity index (χ4n) is 8.56. The van der Waals surface area contributed by atoms with Crippen LogP contribution in [0.1, 0.15) is 77.6 Å². The SMILES string of the molecule is CC(C)(C)c1ccc(-c2ccnc(-c3cc(-c4cccc5c4nc(-c4cc6c(cc4O)C(C)(C)c4ccccc4-6)n5-c4ccccc4)cc(C(C)(C)C)c3)c2)cc1. The number of para-hydroxylation sites is 2. The number of phenols is 1. The second kappa shape index (κ2) is 13.2. The van der Waals surface area contributed by atoms with Gasteiger partial charge in [-0.05, 0) is 115 Å². The molecule has 0 fully saturated rings. The van der Waals surface area contributed by atoms with E-state index in [4.69, 9.17) is 9.97 Å². The number of nitrogens with zero attached hydrogens (tertiary/aromatic N) is 3. The lowest BCUT2D eigenvalue weighted by atomic mass is 9.82. The molecule has 0 bridgehead atoms. The maximum Gasteiger partial charge on any atom is 0.149 e. The Morgan fingerprint density at radius 2 is 1.21 bits per heavy atom. The molecule has 9 rings (SSSR count). The van der Waals surface area contributed by atoms with Crippen LogP contribution in [0.4, 0.5) is 0 Å². The number of hydrogen-bond donors (Lipinski definition) is 1. The molecule has 4 heteroatoms. The molecule has 0 saturated heterocycles. The number of aromatic nitrogens is 3. The minimum absolute atomic E-state index is 0.0945. The molecular formula is C53H49N3O. The lowest BCUT2D eigenvalue weighted by Crippen LogP contribution is -2.14. The number of fused-ring (bicyclic) bond motifs is 4. The Morgan fingerprint density at radius 3 is 1.95 bits per heavy atom. The number of aromatic hydroxyl groups is 1. The summed E-state index contributed by atoms with van der Waals surface area (Å²) in [5.41, 5.74) is 16.9. The fraction of sp³-hybridized carbons (Fsp3) is 0.208. The van der Waals surface area contributed by atoms with E-state index in [9.17, 15) is 5.11 Å². The van der Waals surface area contributed by atoms with Crippen molar-refractivity contribution in [2.45, 2.75) is 71.6 Å². The van der Waals surface area contributed by atoms with Crippen molar-refractivity contribution < 1.29 is 5.11 Å². The van der Waals surface area contributed by atoms with Crippen LogP contribution in [0.15, 0.2) is 146 Å². The predicted octanol–water partition coefficient (Wildman–Crippen LogP) is 13.7. The summed E-state index contributed by atoms with van der Waals surface area (Å²) in [5.74, 6) is 0.921. The summed E-state index contributed by atoms with van der Waals surface area (Å²) in [4.78, 5) is 10.4. The van der Waals surface area contributed by atoms with Gasteiger partial charge in [-0.25, -0.2) is 4.98 Å². The highest BCUT2D eigenvalue weighted by Crippen LogP contribution is 2.52. The molecule has 0 atom stereocenters. The summed E-state index contributed by atoms with van der Waals surface area (Å²) in [5, 5.41) is 11.9. The first-order valence-electron chi connectivity index (χ1n) is 20.0. The molecule has 2 heterocycles. The molecule has 0 aliphatic heterocycles. The Balaban J connectivity index is 1.23. The van der Waals surface area contributed by atoms with Crippen LogP contribution in [0.25, 0.3) is 72.7 Å².